The Bertz CT molecular complexity index is 969. The zero-order valence-electron chi connectivity index (χ0n) is 15.2. The van der Waals surface area contributed by atoms with Crippen LogP contribution in [0.25, 0.3) is 10.8 Å². The maximum atomic E-state index is 5.95. The molecule has 3 aromatic carbocycles. The Balaban J connectivity index is 0.00000131. The summed E-state index contributed by atoms with van der Waals surface area (Å²) in [5.41, 5.74) is 9.10. The van der Waals surface area contributed by atoms with Gasteiger partial charge in [0.15, 0.2) is 6.10 Å². The van der Waals surface area contributed by atoms with Gasteiger partial charge in [-0.25, -0.2) is 4.99 Å². The topological polar surface area (TPSA) is 59.6 Å². The molecule has 4 rings (SSSR count). The maximum Gasteiger partial charge on any atom is 0.153 e. The molecule has 6 heteroatoms. The van der Waals surface area contributed by atoms with Crippen LogP contribution in [0.1, 0.15) is 24.1 Å². The highest BCUT2D eigenvalue weighted by atomic mass is 35.5. The average molecular weight is 404 g/mol. The van der Waals surface area contributed by atoms with E-state index >= 15 is 0 Å². The second-order valence-corrected chi connectivity index (χ2v) is 6.31. The molecular weight excluding hydrogens is 381 g/mol. The summed E-state index contributed by atoms with van der Waals surface area (Å²) in [4.78, 5) is 4.50. The summed E-state index contributed by atoms with van der Waals surface area (Å²) < 4.78 is 5.81. The van der Waals surface area contributed by atoms with Crippen LogP contribution < -0.4 is 15.8 Å². The zero-order valence-corrected chi connectivity index (χ0v) is 16.8. The van der Waals surface area contributed by atoms with Gasteiger partial charge in [0.2, 0.25) is 0 Å². The Hall–Kier alpha value is -2.27. The Kier molecular flexibility index (Phi) is 6.71. The Morgan fingerprint density at radius 1 is 1.04 bits per heavy atom. The van der Waals surface area contributed by atoms with E-state index in [0.29, 0.717) is 5.84 Å². The van der Waals surface area contributed by atoms with E-state index in [1.165, 1.54) is 16.3 Å². The average Bonchev–Trinajstić information content (AvgIpc) is 2.64. The molecule has 3 N–H and O–H groups in total. The standard InChI is InChI=1S/C21H21N3O.2ClH/c1-13-21(22)24-18-12-15(10-11-19(18)25-13)20(23-2)17-9-5-7-14-6-3-4-8-16(14)17;;/h3-13,20,23H,1-2H3,(H2,22,24);2*1H. The minimum atomic E-state index is -0.184. The van der Waals surface area contributed by atoms with E-state index in [4.69, 9.17) is 10.5 Å². The quantitative estimate of drug-likeness (QED) is 0.662. The highest BCUT2D eigenvalue weighted by Crippen LogP contribution is 2.36. The molecule has 1 aliphatic rings. The normalized spacial score (nSPS) is 16.2. The molecule has 142 valence electrons. The predicted molar refractivity (Wildman–Crippen MR) is 117 cm³/mol. The fourth-order valence-electron chi connectivity index (χ4n) is 3.39. The fourth-order valence-corrected chi connectivity index (χ4v) is 3.39. The largest absolute Gasteiger partial charge is 0.481 e. The number of benzene rings is 3. The number of nitrogens with zero attached hydrogens (tertiary/aromatic N) is 1. The molecule has 27 heavy (non-hydrogen) atoms. The third-order valence-electron chi connectivity index (χ3n) is 4.71. The summed E-state index contributed by atoms with van der Waals surface area (Å²) >= 11 is 0. The number of hydrogen-bond acceptors (Lipinski definition) is 4. The van der Waals surface area contributed by atoms with Crippen LogP contribution in [0.15, 0.2) is 65.7 Å². The molecule has 0 radical (unpaired) electrons. The van der Waals surface area contributed by atoms with Crippen LogP contribution in [0.3, 0.4) is 0 Å². The van der Waals surface area contributed by atoms with Crippen molar-refractivity contribution in [2.75, 3.05) is 7.05 Å². The van der Waals surface area contributed by atoms with Gasteiger partial charge in [0.1, 0.15) is 17.3 Å². The lowest BCUT2D eigenvalue weighted by Crippen LogP contribution is -2.33. The number of fused-ring (bicyclic) bond motifs is 2. The van der Waals surface area contributed by atoms with Gasteiger partial charge in [-0.1, -0.05) is 48.5 Å². The van der Waals surface area contributed by atoms with Gasteiger partial charge in [0.05, 0.1) is 6.04 Å². The zero-order chi connectivity index (χ0) is 17.4. The Labute approximate surface area is 171 Å². The van der Waals surface area contributed by atoms with Crippen molar-refractivity contribution in [3.8, 4) is 5.75 Å². The van der Waals surface area contributed by atoms with E-state index in [1.807, 2.05) is 20.0 Å². The van der Waals surface area contributed by atoms with Crippen molar-refractivity contribution in [3.63, 3.8) is 0 Å². The van der Waals surface area contributed by atoms with Crippen LogP contribution >= 0.6 is 24.8 Å². The second-order valence-electron chi connectivity index (χ2n) is 6.31. The van der Waals surface area contributed by atoms with E-state index in [9.17, 15) is 0 Å². The van der Waals surface area contributed by atoms with Gasteiger partial charge in [-0.05, 0) is 48.0 Å². The summed E-state index contributed by atoms with van der Waals surface area (Å²) in [7, 11) is 1.97. The first kappa shape index (κ1) is 21.0. The van der Waals surface area contributed by atoms with Crippen molar-refractivity contribution in [2.24, 2.45) is 10.7 Å². The molecule has 1 heterocycles. The summed E-state index contributed by atoms with van der Waals surface area (Å²) in [5.74, 6) is 1.29. The van der Waals surface area contributed by atoms with Crippen LogP contribution in [0.5, 0.6) is 5.75 Å². The van der Waals surface area contributed by atoms with Gasteiger partial charge < -0.3 is 15.8 Å². The number of amidine groups is 1. The van der Waals surface area contributed by atoms with Crippen molar-refractivity contribution in [1.29, 1.82) is 0 Å². The summed E-state index contributed by atoms with van der Waals surface area (Å²) in [6.07, 6.45) is -0.184. The molecule has 0 spiro atoms. The van der Waals surface area contributed by atoms with Gasteiger partial charge in [0, 0.05) is 0 Å². The van der Waals surface area contributed by atoms with Crippen LogP contribution in [0, 0.1) is 0 Å². The second kappa shape index (κ2) is 8.61. The molecule has 4 nitrogen and oxygen atoms in total. The first-order chi connectivity index (χ1) is 12.2. The third-order valence-corrected chi connectivity index (χ3v) is 4.71. The third kappa shape index (κ3) is 3.88. The van der Waals surface area contributed by atoms with Gasteiger partial charge in [-0.2, -0.15) is 0 Å². The Morgan fingerprint density at radius 2 is 1.78 bits per heavy atom. The lowest BCUT2D eigenvalue weighted by molar-refractivity contribution is 0.281. The van der Waals surface area contributed by atoms with Crippen LogP contribution in [-0.2, 0) is 0 Å². The molecule has 0 bridgehead atoms. The summed E-state index contributed by atoms with van der Waals surface area (Å²) in [6, 6.07) is 21.0. The summed E-state index contributed by atoms with van der Waals surface area (Å²) in [6.45, 7) is 1.90. The van der Waals surface area contributed by atoms with Crippen molar-refractivity contribution in [2.45, 2.75) is 19.1 Å². The van der Waals surface area contributed by atoms with E-state index in [0.717, 1.165) is 17.0 Å². The van der Waals surface area contributed by atoms with Gasteiger partial charge in [-0.15, -0.1) is 24.8 Å². The fraction of sp³-hybridized carbons (Fsp3) is 0.190. The molecule has 0 aromatic heterocycles. The molecule has 3 aromatic rings. The molecule has 0 saturated carbocycles. The number of ether oxygens (including phenoxy) is 1. The van der Waals surface area contributed by atoms with E-state index < -0.39 is 0 Å². The molecule has 0 amide bonds. The number of nitrogens with one attached hydrogen (secondary N) is 1. The highest BCUT2D eigenvalue weighted by Gasteiger charge is 2.21. The number of rotatable bonds is 3. The molecule has 2 atom stereocenters. The first-order valence-corrected chi connectivity index (χ1v) is 8.47. The van der Waals surface area contributed by atoms with Crippen LogP contribution in [0.4, 0.5) is 5.69 Å². The molecule has 2 unspecified atom stereocenters. The molecule has 1 aliphatic heterocycles. The summed E-state index contributed by atoms with van der Waals surface area (Å²) in [5, 5.41) is 5.91. The molecule has 0 fully saturated rings. The maximum absolute atomic E-state index is 5.95. The molecular formula is C21H23Cl2N3O. The first-order valence-electron chi connectivity index (χ1n) is 8.47. The Morgan fingerprint density at radius 3 is 2.56 bits per heavy atom. The van der Waals surface area contributed by atoms with E-state index in [-0.39, 0.29) is 37.0 Å². The predicted octanol–water partition coefficient (Wildman–Crippen LogP) is 4.76. The smallest absolute Gasteiger partial charge is 0.153 e. The molecule has 0 aliphatic carbocycles. The monoisotopic (exact) mass is 403 g/mol. The van der Waals surface area contributed by atoms with Crippen LogP contribution in [-0.4, -0.2) is 19.0 Å². The number of nitrogens with two attached hydrogens (primary N) is 1. The lowest BCUT2D eigenvalue weighted by atomic mass is 9.93. The highest BCUT2D eigenvalue weighted by molar-refractivity contribution is 5.90. The van der Waals surface area contributed by atoms with Gasteiger partial charge in [0.25, 0.3) is 0 Å². The minimum absolute atomic E-state index is 0. The van der Waals surface area contributed by atoms with Crippen molar-refractivity contribution < 1.29 is 4.74 Å². The lowest BCUT2D eigenvalue weighted by Gasteiger charge is -2.24. The van der Waals surface area contributed by atoms with Crippen molar-refractivity contribution >= 4 is 47.1 Å². The molecule has 0 saturated heterocycles. The minimum Gasteiger partial charge on any atom is -0.481 e. The number of halogens is 2. The van der Waals surface area contributed by atoms with E-state index in [2.05, 4.69) is 64.9 Å². The van der Waals surface area contributed by atoms with E-state index in [1.54, 1.807) is 0 Å². The van der Waals surface area contributed by atoms with Crippen molar-refractivity contribution in [3.05, 3.63) is 71.8 Å². The van der Waals surface area contributed by atoms with Crippen molar-refractivity contribution in [1.82, 2.24) is 5.32 Å². The SMILES string of the molecule is CNC(c1ccc2c(c1)N=C(N)C(C)O2)c1cccc2ccccc12.Cl.Cl. The number of hydrogen-bond donors (Lipinski definition) is 2. The van der Waals surface area contributed by atoms with Gasteiger partial charge >= 0.3 is 0 Å². The van der Waals surface area contributed by atoms with Gasteiger partial charge in [-0.3, -0.25) is 0 Å². The number of aliphatic imine (C=N–C) groups is 1. The van der Waals surface area contributed by atoms with Crippen LogP contribution in [0.2, 0.25) is 0 Å².